The van der Waals surface area contributed by atoms with Gasteiger partial charge in [-0.15, -0.1) is 0 Å². The van der Waals surface area contributed by atoms with Crippen molar-refractivity contribution in [3.63, 3.8) is 0 Å². The number of benzene rings is 1. The predicted octanol–water partition coefficient (Wildman–Crippen LogP) is 0.629. The normalized spacial score (nSPS) is 13.9. The van der Waals surface area contributed by atoms with Crippen LogP contribution in [0.5, 0.6) is 0 Å². The van der Waals surface area contributed by atoms with Crippen LogP contribution in [0.25, 0.3) is 0 Å². The Morgan fingerprint density at radius 3 is 2.10 bits per heavy atom. The van der Waals surface area contributed by atoms with Crippen LogP contribution in [0.2, 0.25) is 0 Å². The number of carbonyl (C=O) groups is 7. The van der Waals surface area contributed by atoms with E-state index in [9.17, 15) is 33.6 Å². The predicted molar refractivity (Wildman–Crippen MR) is 145 cm³/mol. The number of carboxylic acid groups (broad SMARTS) is 1. The van der Waals surface area contributed by atoms with Gasteiger partial charge in [-0.3, -0.25) is 33.7 Å². The molecule has 0 unspecified atom stereocenters. The fourth-order valence-corrected chi connectivity index (χ4v) is 3.56. The molecule has 6 amide bonds. The molecule has 2 atom stereocenters. The van der Waals surface area contributed by atoms with Gasteiger partial charge in [0.1, 0.15) is 18.7 Å². The first-order chi connectivity index (χ1) is 19.3. The number of imide groups is 1. The molecule has 222 valence electrons. The number of hydrogen-bond acceptors (Lipinski definition) is 8. The zero-order valence-corrected chi connectivity index (χ0v) is 23.3. The summed E-state index contributed by atoms with van der Waals surface area (Å²) < 4.78 is 5.14. The van der Waals surface area contributed by atoms with Crippen molar-refractivity contribution in [1.29, 1.82) is 0 Å². The lowest BCUT2D eigenvalue weighted by Crippen LogP contribution is -2.54. The summed E-state index contributed by atoms with van der Waals surface area (Å²) in [4.78, 5) is 85.8. The molecule has 1 aromatic carbocycles. The summed E-state index contributed by atoms with van der Waals surface area (Å²) in [5, 5.41) is 16.5. The number of rotatable bonds is 14. The van der Waals surface area contributed by atoms with Gasteiger partial charge in [-0.05, 0) is 30.5 Å². The zero-order chi connectivity index (χ0) is 30.7. The van der Waals surface area contributed by atoms with Gasteiger partial charge in [-0.2, -0.15) is 0 Å². The smallest absolute Gasteiger partial charge is 0.409 e. The summed E-state index contributed by atoms with van der Waals surface area (Å²) >= 11 is 0. The molecular weight excluding hydrogens is 538 g/mol. The molecule has 14 heteroatoms. The van der Waals surface area contributed by atoms with Gasteiger partial charge < -0.3 is 30.7 Å². The van der Waals surface area contributed by atoms with E-state index in [1.807, 2.05) is 0 Å². The second-order valence-electron chi connectivity index (χ2n) is 9.74. The summed E-state index contributed by atoms with van der Waals surface area (Å²) in [5.41, 5.74) is 1.06. The molecule has 0 radical (unpaired) electrons. The summed E-state index contributed by atoms with van der Waals surface area (Å²) in [6.07, 6.45) is 1.20. The second kappa shape index (κ2) is 15.1. The molecule has 1 heterocycles. The van der Waals surface area contributed by atoms with Crippen molar-refractivity contribution in [1.82, 2.24) is 20.4 Å². The minimum Gasteiger partial charge on any atom is -0.481 e. The molecule has 1 aliphatic rings. The van der Waals surface area contributed by atoms with Gasteiger partial charge in [-0.25, -0.2) is 4.79 Å². The van der Waals surface area contributed by atoms with Crippen LogP contribution < -0.4 is 16.0 Å². The Morgan fingerprint density at radius 2 is 1.54 bits per heavy atom. The number of hydrogen-bond donors (Lipinski definition) is 4. The van der Waals surface area contributed by atoms with Crippen LogP contribution in [0, 0.1) is 5.92 Å². The Morgan fingerprint density at radius 1 is 0.927 bits per heavy atom. The lowest BCUT2D eigenvalue weighted by molar-refractivity contribution is -0.138. The summed E-state index contributed by atoms with van der Waals surface area (Å²) in [5.74, 6) is -3.95. The molecule has 0 saturated carbocycles. The highest BCUT2D eigenvalue weighted by Gasteiger charge is 2.28. The zero-order valence-electron chi connectivity index (χ0n) is 23.3. The van der Waals surface area contributed by atoms with E-state index in [0.717, 1.165) is 22.0 Å². The largest absolute Gasteiger partial charge is 0.481 e. The molecule has 0 spiro atoms. The van der Waals surface area contributed by atoms with Crippen molar-refractivity contribution < 1.29 is 43.4 Å². The van der Waals surface area contributed by atoms with Crippen molar-refractivity contribution >= 4 is 47.3 Å². The quantitative estimate of drug-likeness (QED) is 0.231. The van der Waals surface area contributed by atoms with Crippen LogP contribution in [-0.2, 0) is 40.1 Å². The maximum absolute atomic E-state index is 12.8. The Hall–Kier alpha value is -4.75. The van der Waals surface area contributed by atoms with E-state index in [-0.39, 0.29) is 38.5 Å². The summed E-state index contributed by atoms with van der Waals surface area (Å²) in [6.45, 7) is 4.77. The number of carbonyl (C=O) groups excluding carboxylic acids is 6. The number of nitrogens with one attached hydrogen (secondary N) is 3. The molecule has 41 heavy (non-hydrogen) atoms. The number of nitrogens with zero attached hydrogens (tertiary/aromatic N) is 2. The monoisotopic (exact) mass is 573 g/mol. The second-order valence-corrected chi connectivity index (χ2v) is 9.74. The Bertz CT molecular complexity index is 1180. The number of amides is 6. The van der Waals surface area contributed by atoms with Crippen molar-refractivity contribution in [3.8, 4) is 0 Å². The highest BCUT2D eigenvalue weighted by molar-refractivity contribution is 6.13. The Labute approximate surface area is 237 Å². The van der Waals surface area contributed by atoms with Crippen LogP contribution in [-0.4, -0.2) is 88.7 Å². The van der Waals surface area contributed by atoms with Crippen molar-refractivity contribution in [2.24, 2.45) is 5.92 Å². The van der Waals surface area contributed by atoms with Gasteiger partial charge in [0.25, 0.3) is 11.8 Å². The molecular formula is C27H35N5O9. The topological polar surface area (TPSA) is 192 Å². The molecule has 0 aliphatic carbocycles. The van der Waals surface area contributed by atoms with Crippen LogP contribution in [0.3, 0.4) is 0 Å². The third kappa shape index (κ3) is 10.4. The van der Waals surface area contributed by atoms with E-state index in [0.29, 0.717) is 11.3 Å². The SMILES string of the molecule is CC(C)[C@H](NC(=O)CCN1C(=O)C=CC1=O)C(=O)N[C@@H](C)C(=O)Nc1ccc(COC(=O)N(C)CCC(=O)O)cc1. The summed E-state index contributed by atoms with van der Waals surface area (Å²) in [6, 6.07) is 4.54. The van der Waals surface area contributed by atoms with Gasteiger partial charge in [0.05, 0.1) is 6.42 Å². The van der Waals surface area contributed by atoms with Crippen molar-refractivity contribution in [2.75, 3.05) is 25.5 Å². The molecule has 1 aliphatic heterocycles. The lowest BCUT2D eigenvalue weighted by Gasteiger charge is -2.24. The number of aliphatic carboxylic acids is 1. The number of anilines is 1. The fourth-order valence-electron chi connectivity index (χ4n) is 3.56. The standard InChI is InChI=1S/C27H35N5O9/c1-16(2)24(30-20(33)11-14-32-21(34)9-10-22(32)35)26(39)28-17(3)25(38)29-19-7-5-18(6-8-19)15-41-27(40)31(4)13-12-23(36)37/h5-10,16-17,24H,11-15H2,1-4H3,(H,28,39)(H,29,38)(H,30,33)(H,36,37)/t17-,24-/m0/s1. The van der Waals surface area contributed by atoms with E-state index >= 15 is 0 Å². The van der Waals surface area contributed by atoms with Crippen molar-refractivity contribution in [3.05, 3.63) is 42.0 Å². The average Bonchev–Trinajstić information content (AvgIpc) is 3.24. The van der Waals surface area contributed by atoms with Gasteiger partial charge in [0.2, 0.25) is 17.7 Å². The van der Waals surface area contributed by atoms with E-state index in [2.05, 4.69) is 16.0 Å². The van der Waals surface area contributed by atoms with Gasteiger partial charge in [-0.1, -0.05) is 26.0 Å². The van der Waals surface area contributed by atoms with Crippen LogP contribution in [0.1, 0.15) is 39.2 Å². The van der Waals surface area contributed by atoms with Crippen LogP contribution in [0.4, 0.5) is 10.5 Å². The van der Waals surface area contributed by atoms with E-state index in [4.69, 9.17) is 9.84 Å². The van der Waals surface area contributed by atoms with E-state index in [1.54, 1.807) is 38.1 Å². The third-order valence-corrected chi connectivity index (χ3v) is 6.04. The minimum atomic E-state index is -1.02. The van der Waals surface area contributed by atoms with E-state index < -0.39 is 53.7 Å². The maximum atomic E-state index is 12.8. The van der Waals surface area contributed by atoms with Crippen LogP contribution >= 0.6 is 0 Å². The minimum absolute atomic E-state index is 0.0130. The molecule has 0 saturated heterocycles. The van der Waals surface area contributed by atoms with Crippen LogP contribution in [0.15, 0.2) is 36.4 Å². The molecule has 2 rings (SSSR count). The molecule has 0 aromatic heterocycles. The van der Waals surface area contributed by atoms with Gasteiger partial charge in [0.15, 0.2) is 0 Å². The number of ether oxygens (including phenoxy) is 1. The maximum Gasteiger partial charge on any atom is 0.409 e. The lowest BCUT2D eigenvalue weighted by atomic mass is 10.0. The molecule has 14 nitrogen and oxygen atoms in total. The summed E-state index contributed by atoms with van der Waals surface area (Å²) in [7, 11) is 1.43. The molecule has 0 bridgehead atoms. The Balaban J connectivity index is 1.82. The molecule has 1 aromatic rings. The Kier molecular flexibility index (Phi) is 12.0. The molecule has 0 fully saturated rings. The third-order valence-electron chi connectivity index (χ3n) is 6.04. The van der Waals surface area contributed by atoms with Gasteiger partial charge >= 0.3 is 12.1 Å². The first-order valence-electron chi connectivity index (χ1n) is 12.9. The first-order valence-corrected chi connectivity index (χ1v) is 12.9. The highest BCUT2D eigenvalue weighted by Crippen LogP contribution is 2.12. The average molecular weight is 574 g/mol. The van der Waals surface area contributed by atoms with E-state index in [1.165, 1.54) is 14.0 Å². The molecule has 4 N–H and O–H groups in total. The first kappa shape index (κ1) is 32.5. The highest BCUT2D eigenvalue weighted by atomic mass is 16.6. The van der Waals surface area contributed by atoms with Gasteiger partial charge in [0, 0.05) is 44.4 Å². The number of carboxylic acids is 1. The fraction of sp³-hybridized carbons (Fsp3) is 0.444. The van der Waals surface area contributed by atoms with Crippen molar-refractivity contribution in [2.45, 2.75) is 52.3 Å².